The van der Waals surface area contributed by atoms with Crippen molar-refractivity contribution in [1.29, 1.82) is 0 Å². The van der Waals surface area contributed by atoms with Gasteiger partial charge >= 0.3 is 0 Å². The molecule has 4 fully saturated rings. The second kappa shape index (κ2) is 15.8. The van der Waals surface area contributed by atoms with Gasteiger partial charge < -0.3 is 19.7 Å². The Labute approximate surface area is 230 Å². The molecule has 0 heterocycles. The van der Waals surface area contributed by atoms with Crippen LogP contribution in [0.2, 0.25) is 0 Å². The Morgan fingerprint density at radius 2 is 0.921 bits per heavy atom. The lowest BCUT2D eigenvalue weighted by molar-refractivity contribution is -0.136. The van der Waals surface area contributed by atoms with E-state index in [1.165, 1.54) is 12.8 Å². The van der Waals surface area contributed by atoms with Crippen LogP contribution < -0.4 is 0 Å². The maximum absolute atomic E-state index is 12.8. The van der Waals surface area contributed by atoms with E-state index in [0.29, 0.717) is 37.6 Å². The van der Waals surface area contributed by atoms with Gasteiger partial charge in [-0.05, 0) is 64.2 Å². The smallest absolute Gasteiger partial charge is 0.141 e. The predicted molar refractivity (Wildman–Crippen MR) is 148 cm³/mol. The van der Waals surface area contributed by atoms with Gasteiger partial charge in [-0.15, -0.1) is 0 Å². The number of hydrogen-bond acceptors (Lipinski definition) is 6. The van der Waals surface area contributed by atoms with E-state index >= 15 is 0 Å². The molecule has 0 aromatic rings. The van der Waals surface area contributed by atoms with Crippen LogP contribution in [0.3, 0.4) is 0 Å². The average Bonchev–Trinajstić information content (AvgIpc) is 2.95. The average molecular weight is 535 g/mol. The van der Waals surface area contributed by atoms with Crippen molar-refractivity contribution < 1.29 is 29.3 Å². The van der Waals surface area contributed by atoms with Crippen molar-refractivity contribution in [1.82, 2.24) is 0 Å². The van der Waals surface area contributed by atoms with Crippen LogP contribution >= 0.6 is 0 Å². The first-order valence-corrected chi connectivity index (χ1v) is 16.2. The highest BCUT2D eigenvalue weighted by atomic mass is 16.5. The number of ether oxygens (including phenoxy) is 2. The summed E-state index contributed by atoms with van der Waals surface area (Å²) in [4.78, 5) is 25.7. The summed E-state index contributed by atoms with van der Waals surface area (Å²) in [5, 5.41) is 21.2. The molecule has 4 saturated carbocycles. The minimum atomic E-state index is -0.542. The van der Waals surface area contributed by atoms with E-state index in [-0.39, 0.29) is 35.9 Å². The first-order valence-electron chi connectivity index (χ1n) is 16.2. The number of rotatable bonds is 13. The lowest BCUT2D eigenvalue weighted by Crippen LogP contribution is -2.40. The number of aliphatic hydroxyl groups is 2. The van der Waals surface area contributed by atoms with Crippen molar-refractivity contribution >= 4 is 11.6 Å². The third kappa shape index (κ3) is 8.84. The third-order valence-electron chi connectivity index (χ3n) is 10.0. The normalized spacial score (nSPS) is 33.7. The maximum Gasteiger partial charge on any atom is 0.141 e. The van der Waals surface area contributed by atoms with E-state index in [1.54, 1.807) is 0 Å². The molecule has 0 radical (unpaired) electrons. The summed E-state index contributed by atoms with van der Waals surface area (Å²) in [5.74, 6) is 0.639. The monoisotopic (exact) mass is 534 g/mol. The Kier molecular flexibility index (Phi) is 12.6. The summed E-state index contributed by atoms with van der Waals surface area (Å²) in [7, 11) is 0. The zero-order valence-corrected chi connectivity index (χ0v) is 23.7. The van der Waals surface area contributed by atoms with Gasteiger partial charge in [-0.1, -0.05) is 51.4 Å². The zero-order valence-electron chi connectivity index (χ0n) is 23.7. The Hall–Kier alpha value is -0.820. The largest absolute Gasteiger partial charge is 0.392 e. The van der Waals surface area contributed by atoms with Crippen LogP contribution in [-0.2, 0) is 19.1 Å². The molecule has 38 heavy (non-hydrogen) atoms. The van der Waals surface area contributed by atoms with Crippen LogP contribution in [0.4, 0.5) is 0 Å². The molecule has 0 aromatic carbocycles. The highest BCUT2D eigenvalue weighted by molar-refractivity contribution is 5.84. The number of hydrogen-bond donors (Lipinski definition) is 2. The van der Waals surface area contributed by atoms with Gasteiger partial charge in [0, 0.05) is 49.7 Å². The number of carbonyl (C=O) groups is 2. The summed E-state index contributed by atoms with van der Waals surface area (Å²) in [6.07, 6.45) is 18.9. The van der Waals surface area contributed by atoms with Crippen LogP contribution in [0.25, 0.3) is 0 Å². The number of unbranched alkanes of at least 4 members (excludes halogenated alkanes) is 3. The van der Waals surface area contributed by atoms with Crippen molar-refractivity contribution in [3.8, 4) is 0 Å². The molecule has 0 amide bonds. The molecule has 4 rings (SSSR count). The van der Waals surface area contributed by atoms with Gasteiger partial charge in [0.25, 0.3) is 0 Å². The van der Waals surface area contributed by atoms with E-state index in [9.17, 15) is 19.8 Å². The molecule has 218 valence electrons. The topological polar surface area (TPSA) is 93.1 Å². The molecule has 0 aromatic heterocycles. The second-order valence-electron chi connectivity index (χ2n) is 12.8. The van der Waals surface area contributed by atoms with Crippen molar-refractivity contribution in [3.05, 3.63) is 0 Å². The molecular formula is C32H54O6. The van der Waals surface area contributed by atoms with Gasteiger partial charge in [-0.2, -0.15) is 0 Å². The molecule has 0 aliphatic heterocycles. The summed E-state index contributed by atoms with van der Waals surface area (Å²) >= 11 is 0. The maximum atomic E-state index is 12.8. The van der Waals surface area contributed by atoms with Gasteiger partial charge in [-0.25, -0.2) is 0 Å². The highest BCUT2D eigenvalue weighted by Crippen LogP contribution is 2.35. The predicted octanol–water partition coefficient (Wildman–Crippen LogP) is 5.94. The SMILES string of the molecule is O=C(C1CCCCC1)C1CCC(OCCCCCCOC2CCC(C(=O)C3CCCCC3)C(O)C2)CC1O. The van der Waals surface area contributed by atoms with Gasteiger partial charge in [0.1, 0.15) is 11.6 Å². The van der Waals surface area contributed by atoms with Gasteiger partial charge in [-0.3, -0.25) is 9.59 Å². The summed E-state index contributed by atoms with van der Waals surface area (Å²) in [5.41, 5.74) is 0. The molecule has 6 nitrogen and oxygen atoms in total. The van der Waals surface area contributed by atoms with Crippen molar-refractivity contribution in [3.63, 3.8) is 0 Å². The molecule has 6 heteroatoms. The molecule has 4 aliphatic carbocycles. The number of carbonyl (C=O) groups excluding carboxylic acids is 2. The summed E-state index contributed by atoms with van der Waals surface area (Å²) < 4.78 is 12.1. The Balaban J connectivity index is 0.999. The standard InChI is InChI=1S/C32H54O6/c33-29-21-25(15-17-27(29)31(35)23-11-5-3-6-12-23)37-19-9-1-2-10-20-38-26-16-18-28(30(34)22-26)32(36)24-13-7-4-8-14-24/h23-30,33-34H,1-22H2. The first-order chi connectivity index (χ1) is 18.5. The molecule has 4 aliphatic rings. The van der Waals surface area contributed by atoms with Gasteiger partial charge in [0.15, 0.2) is 0 Å². The molecule has 0 spiro atoms. The Bertz CT molecular complexity index is 653. The van der Waals surface area contributed by atoms with E-state index in [4.69, 9.17) is 9.47 Å². The second-order valence-corrected chi connectivity index (χ2v) is 12.8. The van der Waals surface area contributed by atoms with Gasteiger partial charge in [0.2, 0.25) is 0 Å². The van der Waals surface area contributed by atoms with Crippen molar-refractivity contribution in [2.45, 2.75) is 153 Å². The summed E-state index contributed by atoms with van der Waals surface area (Å²) in [6, 6.07) is 0. The van der Waals surface area contributed by atoms with Gasteiger partial charge in [0.05, 0.1) is 24.4 Å². The quantitative estimate of drug-likeness (QED) is 0.284. The van der Waals surface area contributed by atoms with E-state index in [2.05, 4.69) is 0 Å². The molecule has 0 bridgehead atoms. The number of ketones is 2. The minimum Gasteiger partial charge on any atom is -0.392 e. The first kappa shape index (κ1) is 30.1. The molecular weight excluding hydrogens is 480 g/mol. The van der Waals surface area contributed by atoms with E-state index in [0.717, 1.165) is 103 Å². The fourth-order valence-corrected chi connectivity index (χ4v) is 7.62. The van der Waals surface area contributed by atoms with Crippen LogP contribution in [-0.4, -0.2) is 59.4 Å². The molecule has 0 saturated heterocycles. The van der Waals surface area contributed by atoms with Crippen molar-refractivity contribution in [2.75, 3.05) is 13.2 Å². The highest BCUT2D eigenvalue weighted by Gasteiger charge is 2.38. The number of aliphatic hydroxyl groups excluding tert-OH is 2. The van der Waals surface area contributed by atoms with Crippen LogP contribution in [0, 0.1) is 23.7 Å². The third-order valence-corrected chi connectivity index (χ3v) is 10.0. The molecule has 6 atom stereocenters. The number of Topliss-reactive ketones (excluding diaryl/α,β-unsaturated/α-hetero) is 2. The van der Waals surface area contributed by atoms with Crippen molar-refractivity contribution in [2.24, 2.45) is 23.7 Å². The zero-order chi connectivity index (χ0) is 26.7. The summed E-state index contributed by atoms with van der Waals surface area (Å²) in [6.45, 7) is 1.43. The fourth-order valence-electron chi connectivity index (χ4n) is 7.62. The molecule has 2 N–H and O–H groups in total. The lowest BCUT2D eigenvalue weighted by Gasteiger charge is -2.35. The Morgan fingerprint density at radius 1 is 0.526 bits per heavy atom. The lowest BCUT2D eigenvalue weighted by atomic mass is 9.74. The van der Waals surface area contributed by atoms with Crippen LogP contribution in [0.1, 0.15) is 128 Å². The minimum absolute atomic E-state index is 0.0790. The van der Waals surface area contributed by atoms with E-state index in [1.807, 2.05) is 0 Å². The van der Waals surface area contributed by atoms with Crippen LogP contribution in [0.15, 0.2) is 0 Å². The van der Waals surface area contributed by atoms with Crippen LogP contribution in [0.5, 0.6) is 0 Å². The van der Waals surface area contributed by atoms with E-state index < -0.39 is 12.2 Å². The molecule has 6 unspecified atom stereocenters. The Morgan fingerprint density at radius 3 is 1.29 bits per heavy atom. The fraction of sp³-hybridized carbons (Fsp3) is 0.938.